The molecule has 3 rings (SSSR count). The summed E-state index contributed by atoms with van der Waals surface area (Å²) in [5.74, 6) is 0. The summed E-state index contributed by atoms with van der Waals surface area (Å²) in [5, 5.41) is 8.51. The number of para-hydroxylation sites is 1. The molecule has 3 nitrogen and oxygen atoms in total. The summed E-state index contributed by atoms with van der Waals surface area (Å²) < 4.78 is 1.87. The largest absolute Gasteiger partial charge is 0.381 e. The van der Waals surface area contributed by atoms with Gasteiger partial charge in [-0.3, -0.25) is 0 Å². The molecular weight excluding hydrogens is 282 g/mol. The number of halogens is 1. The van der Waals surface area contributed by atoms with Crippen LogP contribution in [0.3, 0.4) is 0 Å². The Morgan fingerprint density at radius 1 is 1.14 bits per heavy atom. The number of hydrogen-bond donors (Lipinski definition) is 1. The molecule has 0 radical (unpaired) electrons. The zero-order valence-electron chi connectivity index (χ0n) is 11.8. The van der Waals surface area contributed by atoms with E-state index in [1.165, 1.54) is 0 Å². The van der Waals surface area contributed by atoms with E-state index >= 15 is 0 Å². The highest BCUT2D eigenvalue weighted by molar-refractivity contribution is 6.31. The highest BCUT2D eigenvalue weighted by atomic mass is 35.5. The first-order valence-electron chi connectivity index (χ1n) is 6.81. The molecule has 4 heteroatoms. The SMILES string of the molecule is Cc1ccc(NCc2cnn(-c3ccccc3)c2)cc1Cl. The smallest absolute Gasteiger partial charge is 0.0645 e. The van der Waals surface area contributed by atoms with Crippen molar-refractivity contribution in [3.63, 3.8) is 0 Å². The van der Waals surface area contributed by atoms with Crippen molar-refractivity contribution >= 4 is 17.3 Å². The zero-order chi connectivity index (χ0) is 14.7. The van der Waals surface area contributed by atoms with Gasteiger partial charge in [-0.15, -0.1) is 0 Å². The molecule has 1 heterocycles. The number of benzene rings is 2. The van der Waals surface area contributed by atoms with Crippen molar-refractivity contribution in [1.29, 1.82) is 0 Å². The predicted octanol–water partition coefficient (Wildman–Crippen LogP) is 4.45. The summed E-state index contributed by atoms with van der Waals surface area (Å²) in [6.07, 6.45) is 3.90. The van der Waals surface area contributed by atoms with Gasteiger partial charge in [0.1, 0.15) is 0 Å². The van der Waals surface area contributed by atoms with Gasteiger partial charge in [-0.25, -0.2) is 4.68 Å². The average Bonchev–Trinajstić information content (AvgIpc) is 2.98. The number of anilines is 1. The molecule has 1 aromatic heterocycles. The Kier molecular flexibility index (Phi) is 3.93. The average molecular weight is 298 g/mol. The summed E-state index contributed by atoms with van der Waals surface area (Å²) in [5.41, 5.74) is 4.27. The van der Waals surface area contributed by atoms with E-state index in [0.717, 1.165) is 27.5 Å². The minimum absolute atomic E-state index is 0.715. The molecule has 1 N–H and O–H groups in total. The van der Waals surface area contributed by atoms with Crippen molar-refractivity contribution < 1.29 is 0 Å². The van der Waals surface area contributed by atoms with Crippen LogP contribution in [0.4, 0.5) is 5.69 Å². The van der Waals surface area contributed by atoms with Crippen LogP contribution in [0, 0.1) is 6.92 Å². The number of nitrogens with one attached hydrogen (secondary N) is 1. The van der Waals surface area contributed by atoms with Crippen LogP contribution in [-0.2, 0) is 6.54 Å². The first-order chi connectivity index (χ1) is 10.2. The molecule has 0 aliphatic rings. The number of hydrogen-bond acceptors (Lipinski definition) is 2. The van der Waals surface area contributed by atoms with E-state index in [4.69, 9.17) is 11.6 Å². The van der Waals surface area contributed by atoms with E-state index in [0.29, 0.717) is 6.54 Å². The molecule has 3 aromatic rings. The van der Waals surface area contributed by atoms with Gasteiger partial charge in [0.25, 0.3) is 0 Å². The normalized spacial score (nSPS) is 10.6. The number of nitrogens with zero attached hydrogens (tertiary/aromatic N) is 2. The Hall–Kier alpha value is -2.26. The summed E-state index contributed by atoms with van der Waals surface area (Å²) in [4.78, 5) is 0. The fraction of sp³-hybridized carbons (Fsp3) is 0.118. The molecule has 0 bridgehead atoms. The van der Waals surface area contributed by atoms with Crippen molar-refractivity contribution in [1.82, 2.24) is 9.78 Å². The second-order valence-electron chi connectivity index (χ2n) is 4.95. The molecule has 0 aliphatic heterocycles. The molecule has 0 unspecified atom stereocenters. The Bertz CT molecular complexity index is 735. The van der Waals surface area contributed by atoms with Gasteiger partial charge >= 0.3 is 0 Å². The lowest BCUT2D eigenvalue weighted by molar-refractivity contribution is 0.880. The summed E-state index contributed by atoms with van der Waals surface area (Å²) in [6, 6.07) is 16.1. The lowest BCUT2D eigenvalue weighted by Gasteiger charge is -2.06. The van der Waals surface area contributed by atoms with Crippen molar-refractivity contribution in [2.75, 3.05) is 5.32 Å². The maximum Gasteiger partial charge on any atom is 0.0645 e. The second-order valence-corrected chi connectivity index (χ2v) is 5.35. The third-order valence-electron chi connectivity index (χ3n) is 3.33. The van der Waals surface area contributed by atoms with Crippen LogP contribution in [0.25, 0.3) is 5.69 Å². The summed E-state index contributed by atoms with van der Waals surface area (Å²) in [6.45, 7) is 2.71. The zero-order valence-corrected chi connectivity index (χ0v) is 12.5. The van der Waals surface area contributed by atoms with Crippen LogP contribution in [-0.4, -0.2) is 9.78 Å². The predicted molar refractivity (Wildman–Crippen MR) is 87.1 cm³/mol. The Labute approximate surface area is 129 Å². The maximum atomic E-state index is 6.12. The van der Waals surface area contributed by atoms with Crippen LogP contribution in [0.15, 0.2) is 60.9 Å². The molecule has 106 valence electrons. The first-order valence-corrected chi connectivity index (χ1v) is 7.19. The molecule has 0 atom stereocenters. The number of aromatic nitrogens is 2. The molecule has 0 saturated carbocycles. The lowest BCUT2D eigenvalue weighted by Crippen LogP contribution is -1.98. The van der Waals surface area contributed by atoms with Gasteiger partial charge in [0.15, 0.2) is 0 Å². The minimum atomic E-state index is 0.715. The quantitative estimate of drug-likeness (QED) is 0.771. The first kappa shape index (κ1) is 13.7. The standard InChI is InChI=1S/C17H16ClN3/c1-13-7-8-15(9-17(13)18)19-10-14-11-20-21(12-14)16-5-3-2-4-6-16/h2-9,11-12,19H,10H2,1H3. The van der Waals surface area contributed by atoms with Crippen molar-refractivity contribution in [3.8, 4) is 5.69 Å². The van der Waals surface area contributed by atoms with Gasteiger partial charge in [-0.05, 0) is 36.8 Å². The maximum absolute atomic E-state index is 6.12. The molecule has 0 amide bonds. The van der Waals surface area contributed by atoms with Crippen LogP contribution < -0.4 is 5.32 Å². The van der Waals surface area contributed by atoms with E-state index in [-0.39, 0.29) is 0 Å². The molecule has 0 aliphatic carbocycles. The Balaban J connectivity index is 1.69. The monoisotopic (exact) mass is 297 g/mol. The lowest BCUT2D eigenvalue weighted by atomic mass is 10.2. The topological polar surface area (TPSA) is 29.9 Å². The Morgan fingerprint density at radius 3 is 2.71 bits per heavy atom. The molecule has 0 fully saturated rings. The highest BCUT2D eigenvalue weighted by Gasteiger charge is 2.02. The molecule has 0 spiro atoms. The molecular formula is C17H16ClN3. The van der Waals surface area contributed by atoms with E-state index in [9.17, 15) is 0 Å². The molecule has 2 aromatic carbocycles. The number of rotatable bonds is 4. The van der Waals surface area contributed by atoms with Gasteiger partial charge in [0, 0.05) is 29.0 Å². The van der Waals surface area contributed by atoms with Gasteiger partial charge < -0.3 is 5.32 Å². The van der Waals surface area contributed by atoms with Crippen molar-refractivity contribution in [2.45, 2.75) is 13.5 Å². The fourth-order valence-corrected chi connectivity index (χ4v) is 2.26. The van der Waals surface area contributed by atoms with E-state index in [1.54, 1.807) is 0 Å². The van der Waals surface area contributed by atoms with Gasteiger partial charge in [-0.1, -0.05) is 35.9 Å². The van der Waals surface area contributed by atoms with Gasteiger partial charge in [-0.2, -0.15) is 5.10 Å². The van der Waals surface area contributed by atoms with Crippen LogP contribution in [0.2, 0.25) is 5.02 Å². The van der Waals surface area contributed by atoms with E-state index in [2.05, 4.69) is 10.4 Å². The van der Waals surface area contributed by atoms with Crippen molar-refractivity contribution in [3.05, 3.63) is 77.1 Å². The van der Waals surface area contributed by atoms with Crippen LogP contribution in [0.5, 0.6) is 0 Å². The Morgan fingerprint density at radius 2 is 1.95 bits per heavy atom. The molecule has 21 heavy (non-hydrogen) atoms. The highest BCUT2D eigenvalue weighted by Crippen LogP contribution is 2.20. The van der Waals surface area contributed by atoms with Gasteiger partial charge in [0.05, 0.1) is 11.9 Å². The molecule has 0 saturated heterocycles. The minimum Gasteiger partial charge on any atom is -0.381 e. The third kappa shape index (κ3) is 3.26. The fourth-order valence-electron chi connectivity index (χ4n) is 2.08. The van der Waals surface area contributed by atoms with Crippen LogP contribution in [0.1, 0.15) is 11.1 Å². The summed E-state index contributed by atoms with van der Waals surface area (Å²) >= 11 is 6.12. The second kappa shape index (κ2) is 6.02. The van der Waals surface area contributed by atoms with Crippen LogP contribution >= 0.6 is 11.6 Å². The third-order valence-corrected chi connectivity index (χ3v) is 3.73. The van der Waals surface area contributed by atoms with E-state index in [1.807, 2.05) is 72.5 Å². The van der Waals surface area contributed by atoms with Gasteiger partial charge in [0.2, 0.25) is 0 Å². The number of aryl methyl sites for hydroxylation is 1. The van der Waals surface area contributed by atoms with E-state index < -0.39 is 0 Å². The van der Waals surface area contributed by atoms with Crippen molar-refractivity contribution in [2.24, 2.45) is 0 Å². The summed E-state index contributed by atoms with van der Waals surface area (Å²) in [7, 11) is 0.